The second-order valence-electron chi connectivity index (χ2n) is 7.54. The highest BCUT2D eigenvalue weighted by molar-refractivity contribution is 6.03. The highest BCUT2D eigenvalue weighted by atomic mass is 16.6. The number of nitrogens with two attached hydrogens (primary N) is 1. The lowest BCUT2D eigenvalue weighted by molar-refractivity contribution is -0.384. The molecule has 1 heterocycles. The number of non-ortho nitro benzene ring substituents is 1. The van der Waals surface area contributed by atoms with E-state index in [1.807, 2.05) is 17.8 Å². The normalized spacial score (nSPS) is 11.2. The zero-order chi connectivity index (χ0) is 23.1. The summed E-state index contributed by atoms with van der Waals surface area (Å²) in [6.45, 7) is 0.221. The molecule has 0 radical (unpaired) electrons. The number of nitrogen functional groups attached to an aromatic ring is 1. The highest BCUT2D eigenvalue weighted by Crippen LogP contribution is 2.26. The molecule has 166 valence electrons. The van der Waals surface area contributed by atoms with Crippen molar-refractivity contribution in [3.8, 4) is 0 Å². The van der Waals surface area contributed by atoms with Crippen molar-refractivity contribution in [2.75, 3.05) is 12.3 Å². The summed E-state index contributed by atoms with van der Waals surface area (Å²) in [5.41, 5.74) is 9.08. The van der Waals surface area contributed by atoms with Crippen molar-refractivity contribution in [2.24, 2.45) is 7.05 Å². The van der Waals surface area contributed by atoms with Crippen LogP contribution in [0.1, 0.15) is 30.4 Å². The summed E-state index contributed by atoms with van der Waals surface area (Å²) in [7, 11) is 1.90. The van der Waals surface area contributed by atoms with Gasteiger partial charge in [0.25, 0.3) is 5.69 Å². The van der Waals surface area contributed by atoms with E-state index < -0.39 is 10.9 Å². The van der Waals surface area contributed by atoms with Crippen molar-refractivity contribution < 1.29 is 19.2 Å². The number of fused-ring (bicyclic) bond motifs is 1. The third kappa shape index (κ3) is 6.04. The van der Waals surface area contributed by atoms with Crippen molar-refractivity contribution in [1.29, 1.82) is 0 Å². The molecule has 0 saturated heterocycles. The zero-order valence-corrected chi connectivity index (χ0v) is 17.8. The Morgan fingerprint density at radius 2 is 1.91 bits per heavy atom. The van der Waals surface area contributed by atoms with E-state index in [2.05, 4.69) is 0 Å². The number of carbonyl (C=O) groups is 2. The second-order valence-corrected chi connectivity index (χ2v) is 7.54. The molecule has 0 bridgehead atoms. The van der Waals surface area contributed by atoms with Gasteiger partial charge in [-0.25, -0.2) is 0 Å². The number of nitro groups is 1. The Bertz CT molecular complexity index is 1160. The van der Waals surface area contributed by atoms with Crippen molar-refractivity contribution >= 4 is 40.1 Å². The Morgan fingerprint density at radius 3 is 2.62 bits per heavy atom. The van der Waals surface area contributed by atoms with Gasteiger partial charge in [-0.1, -0.05) is 18.2 Å². The van der Waals surface area contributed by atoms with Gasteiger partial charge in [0.15, 0.2) is 5.78 Å². The van der Waals surface area contributed by atoms with Crippen molar-refractivity contribution in [3.63, 3.8) is 0 Å². The number of anilines is 1. The molecule has 0 amide bonds. The van der Waals surface area contributed by atoms with Gasteiger partial charge in [-0.15, -0.1) is 0 Å². The molecule has 0 aliphatic carbocycles. The van der Waals surface area contributed by atoms with Gasteiger partial charge in [0.05, 0.1) is 11.5 Å². The summed E-state index contributed by atoms with van der Waals surface area (Å²) in [5, 5.41) is 11.9. The summed E-state index contributed by atoms with van der Waals surface area (Å²) in [5.74, 6) is -0.887. The van der Waals surface area contributed by atoms with Gasteiger partial charge in [-0.05, 0) is 54.7 Å². The van der Waals surface area contributed by atoms with Gasteiger partial charge in [-0.2, -0.15) is 0 Å². The lowest BCUT2D eigenvalue weighted by atomic mass is 10.1. The number of rotatable bonds is 10. The molecule has 0 saturated carbocycles. The van der Waals surface area contributed by atoms with Gasteiger partial charge >= 0.3 is 5.97 Å². The maximum Gasteiger partial charge on any atom is 0.313 e. The number of aromatic nitrogens is 1. The molecule has 1 aromatic heterocycles. The van der Waals surface area contributed by atoms with E-state index in [1.165, 1.54) is 12.1 Å². The number of hydrogen-bond acceptors (Lipinski definition) is 6. The summed E-state index contributed by atoms with van der Waals surface area (Å²) < 4.78 is 7.10. The lowest BCUT2D eigenvalue weighted by Gasteiger charge is -2.04. The second kappa shape index (κ2) is 10.4. The molecule has 8 heteroatoms. The van der Waals surface area contributed by atoms with Crippen molar-refractivity contribution in [2.45, 2.75) is 25.7 Å². The molecular weight excluding hydrogens is 410 g/mol. The molecule has 0 unspecified atom stereocenters. The van der Waals surface area contributed by atoms with E-state index in [1.54, 1.807) is 42.5 Å². The molecule has 32 heavy (non-hydrogen) atoms. The number of benzene rings is 2. The van der Waals surface area contributed by atoms with Crippen LogP contribution in [0.4, 0.5) is 11.4 Å². The molecule has 0 fully saturated rings. The largest absolute Gasteiger partial charge is 0.465 e. The zero-order valence-electron chi connectivity index (χ0n) is 17.8. The van der Waals surface area contributed by atoms with Gasteiger partial charge in [0, 0.05) is 42.0 Å². The predicted octanol–water partition coefficient (Wildman–Crippen LogP) is 4.21. The topological polar surface area (TPSA) is 117 Å². The molecule has 8 nitrogen and oxygen atoms in total. The molecule has 3 rings (SSSR count). The Labute approximate surface area is 185 Å². The monoisotopic (exact) mass is 435 g/mol. The van der Waals surface area contributed by atoms with Crippen LogP contribution >= 0.6 is 0 Å². The molecular formula is C24H25N3O5. The number of esters is 1. The summed E-state index contributed by atoms with van der Waals surface area (Å²) in [6, 6.07) is 11.9. The molecule has 0 spiro atoms. The number of hydrogen-bond donors (Lipinski definition) is 1. The van der Waals surface area contributed by atoms with Crippen molar-refractivity contribution in [3.05, 3.63) is 76.0 Å². The van der Waals surface area contributed by atoms with E-state index >= 15 is 0 Å². The van der Waals surface area contributed by atoms with Crippen molar-refractivity contribution in [1.82, 2.24) is 4.57 Å². The maximum absolute atomic E-state index is 11.9. The number of ether oxygens (including phenoxy) is 1. The van der Waals surface area contributed by atoms with Crippen LogP contribution in [0.2, 0.25) is 0 Å². The predicted molar refractivity (Wildman–Crippen MR) is 123 cm³/mol. The number of carbonyl (C=O) groups excluding carboxylic acids is 2. The van der Waals surface area contributed by atoms with Crippen LogP contribution in [0.3, 0.4) is 0 Å². The molecule has 3 aromatic rings. The average molecular weight is 435 g/mol. The van der Waals surface area contributed by atoms with Crippen LogP contribution in [0.5, 0.6) is 0 Å². The third-order valence-electron chi connectivity index (χ3n) is 5.09. The Hall–Kier alpha value is -3.94. The Morgan fingerprint density at radius 1 is 1.16 bits per heavy atom. The number of nitrogens with zero attached hydrogens (tertiary/aromatic N) is 2. The Kier molecular flexibility index (Phi) is 7.38. The van der Waals surface area contributed by atoms with Crippen LogP contribution in [-0.2, 0) is 27.8 Å². The van der Waals surface area contributed by atoms with Crippen LogP contribution in [-0.4, -0.2) is 27.8 Å². The Balaban J connectivity index is 1.42. The molecule has 0 aliphatic rings. The number of nitro benzene ring substituents is 1. The minimum absolute atomic E-state index is 0.0639. The third-order valence-corrected chi connectivity index (χ3v) is 5.09. The smallest absolute Gasteiger partial charge is 0.313 e. The standard InChI is InChI=1S/C24H25N3O5/c1-26-16-18(22-14-20(27(30)31)10-12-23(22)26)4-2-3-13-32-24(29)15-21(28)11-7-17-5-8-19(25)9-6-17/h5-12,14,16H,2-4,13,15,25H2,1H3/b11-7+. The minimum atomic E-state index is -0.558. The fourth-order valence-electron chi connectivity index (χ4n) is 3.43. The fourth-order valence-corrected chi connectivity index (χ4v) is 3.43. The molecule has 2 aromatic carbocycles. The van der Waals surface area contributed by atoms with Gasteiger partial charge in [0.2, 0.25) is 0 Å². The number of allylic oxidation sites excluding steroid dienone is 1. The average Bonchev–Trinajstić information content (AvgIpc) is 3.08. The molecule has 2 N–H and O–H groups in total. The number of aryl methyl sites for hydroxylation is 2. The summed E-state index contributed by atoms with van der Waals surface area (Å²) >= 11 is 0. The van der Waals surface area contributed by atoms with Gasteiger partial charge in [0.1, 0.15) is 6.42 Å². The number of unbranched alkanes of at least 4 members (excludes halogenated alkanes) is 1. The highest BCUT2D eigenvalue weighted by Gasteiger charge is 2.12. The van der Waals surface area contributed by atoms with Crippen LogP contribution in [0.25, 0.3) is 17.0 Å². The lowest BCUT2D eigenvalue weighted by Crippen LogP contribution is -2.10. The van der Waals surface area contributed by atoms with E-state index in [9.17, 15) is 19.7 Å². The summed E-state index contributed by atoms with van der Waals surface area (Å²) in [4.78, 5) is 34.4. The first-order valence-corrected chi connectivity index (χ1v) is 10.3. The van der Waals surface area contributed by atoms with Gasteiger partial charge in [-0.3, -0.25) is 19.7 Å². The van der Waals surface area contributed by atoms with Crippen LogP contribution < -0.4 is 5.73 Å². The molecule has 0 atom stereocenters. The van der Waals surface area contributed by atoms with E-state index in [0.717, 1.165) is 28.5 Å². The summed E-state index contributed by atoms with van der Waals surface area (Å²) in [6.07, 6.45) is 6.73. The first kappa shape index (κ1) is 22.7. The SMILES string of the molecule is Cn1cc(CCCCOC(=O)CC(=O)/C=C/c2ccc(N)cc2)c2cc([N+](=O)[O-])ccc21. The van der Waals surface area contributed by atoms with E-state index in [0.29, 0.717) is 18.5 Å². The number of ketones is 1. The van der Waals surface area contributed by atoms with E-state index in [-0.39, 0.29) is 24.5 Å². The minimum Gasteiger partial charge on any atom is -0.465 e. The molecule has 0 aliphatic heterocycles. The quantitative estimate of drug-likeness (QED) is 0.0970. The van der Waals surface area contributed by atoms with Gasteiger partial charge < -0.3 is 15.0 Å². The first-order chi connectivity index (χ1) is 15.3. The first-order valence-electron chi connectivity index (χ1n) is 10.3. The fraction of sp³-hybridized carbons (Fsp3) is 0.250. The van der Waals surface area contributed by atoms with Crippen LogP contribution in [0.15, 0.2) is 54.7 Å². The van der Waals surface area contributed by atoms with E-state index in [4.69, 9.17) is 10.5 Å². The van der Waals surface area contributed by atoms with Crippen LogP contribution in [0, 0.1) is 10.1 Å². The maximum atomic E-state index is 11.9.